The highest BCUT2D eigenvalue weighted by Crippen LogP contribution is 2.40. The molecule has 1 aromatic carbocycles. The molecule has 0 bridgehead atoms. The molecular formula is C15H15BrN4O3. The average molecular weight is 379 g/mol. The number of hydrogen-bond acceptors (Lipinski definition) is 6. The second kappa shape index (κ2) is 6.33. The monoisotopic (exact) mass is 378 g/mol. The van der Waals surface area contributed by atoms with Crippen molar-refractivity contribution >= 4 is 33.1 Å². The SMILES string of the molecule is COc1cc(Nc2cn3cc(Br)ncc3n2)cc(OC)c1OC. The molecule has 0 aliphatic carbocycles. The number of halogens is 1. The van der Waals surface area contributed by atoms with Gasteiger partial charge in [0.25, 0.3) is 0 Å². The highest BCUT2D eigenvalue weighted by molar-refractivity contribution is 9.10. The number of nitrogens with one attached hydrogen (secondary N) is 1. The number of fused-ring (bicyclic) bond motifs is 1. The van der Waals surface area contributed by atoms with Gasteiger partial charge < -0.3 is 23.9 Å². The fraction of sp³-hybridized carbons (Fsp3) is 0.200. The maximum atomic E-state index is 5.34. The van der Waals surface area contributed by atoms with Gasteiger partial charge in [-0.3, -0.25) is 0 Å². The van der Waals surface area contributed by atoms with Gasteiger partial charge in [0.1, 0.15) is 10.4 Å². The van der Waals surface area contributed by atoms with Crippen LogP contribution >= 0.6 is 15.9 Å². The van der Waals surface area contributed by atoms with Gasteiger partial charge in [-0.15, -0.1) is 0 Å². The van der Waals surface area contributed by atoms with E-state index in [2.05, 4.69) is 31.2 Å². The highest BCUT2D eigenvalue weighted by Gasteiger charge is 2.14. The molecule has 3 aromatic rings. The van der Waals surface area contributed by atoms with E-state index in [-0.39, 0.29) is 0 Å². The molecule has 0 atom stereocenters. The second-order valence-corrected chi connectivity index (χ2v) is 5.45. The van der Waals surface area contributed by atoms with E-state index < -0.39 is 0 Å². The average Bonchev–Trinajstić information content (AvgIpc) is 2.94. The van der Waals surface area contributed by atoms with Crippen LogP contribution < -0.4 is 19.5 Å². The fourth-order valence-corrected chi connectivity index (χ4v) is 2.56. The van der Waals surface area contributed by atoms with Gasteiger partial charge in [0.15, 0.2) is 17.1 Å². The summed E-state index contributed by atoms with van der Waals surface area (Å²) >= 11 is 3.34. The van der Waals surface area contributed by atoms with Crippen molar-refractivity contribution in [1.82, 2.24) is 14.4 Å². The Morgan fingerprint density at radius 2 is 1.74 bits per heavy atom. The van der Waals surface area contributed by atoms with Crippen molar-refractivity contribution in [2.75, 3.05) is 26.6 Å². The Bertz CT molecular complexity index is 825. The minimum Gasteiger partial charge on any atom is -0.493 e. The van der Waals surface area contributed by atoms with Crippen LogP contribution in [0.3, 0.4) is 0 Å². The summed E-state index contributed by atoms with van der Waals surface area (Å²) in [6.07, 6.45) is 5.39. The van der Waals surface area contributed by atoms with E-state index in [1.807, 2.05) is 28.9 Å². The predicted molar refractivity (Wildman–Crippen MR) is 90.1 cm³/mol. The number of anilines is 2. The van der Waals surface area contributed by atoms with Crippen LogP contribution in [0.15, 0.2) is 35.3 Å². The Balaban J connectivity index is 1.97. The van der Waals surface area contributed by atoms with E-state index in [1.165, 1.54) is 0 Å². The Labute approximate surface area is 141 Å². The lowest BCUT2D eigenvalue weighted by atomic mass is 10.2. The standard InChI is InChI=1S/C15H15BrN4O3/c1-21-10-4-9(5-11(22-2)15(10)23-3)18-13-8-20-7-12(16)17-6-14(20)19-13/h4-8,18H,1-3H3. The van der Waals surface area contributed by atoms with Crippen molar-refractivity contribution in [1.29, 1.82) is 0 Å². The molecule has 0 fully saturated rings. The zero-order chi connectivity index (χ0) is 16.4. The molecule has 0 unspecified atom stereocenters. The first-order valence-corrected chi connectivity index (χ1v) is 7.51. The van der Waals surface area contributed by atoms with E-state index in [4.69, 9.17) is 14.2 Å². The van der Waals surface area contributed by atoms with Crippen LogP contribution in [-0.4, -0.2) is 35.7 Å². The zero-order valence-electron chi connectivity index (χ0n) is 12.8. The number of nitrogens with zero attached hydrogens (tertiary/aromatic N) is 3. The highest BCUT2D eigenvalue weighted by atomic mass is 79.9. The van der Waals surface area contributed by atoms with Crippen molar-refractivity contribution in [3.63, 3.8) is 0 Å². The lowest BCUT2D eigenvalue weighted by Gasteiger charge is -2.14. The van der Waals surface area contributed by atoms with Crippen molar-refractivity contribution in [3.8, 4) is 17.2 Å². The number of aromatic nitrogens is 3. The first-order valence-electron chi connectivity index (χ1n) is 6.72. The van der Waals surface area contributed by atoms with Crippen LogP contribution in [0, 0.1) is 0 Å². The summed E-state index contributed by atoms with van der Waals surface area (Å²) in [6, 6.07) is 3.64. The molecular weight excluding hydrogens is 364 g/mol. The first kappa shape index (κ1) is 15.4. The van der Waals surface area contributed by atoms with Gasteiger partial charge in [0, 0.05) is 24.0 Å². The molecule has 120 valence electrons. The van der Waals surface area contributed by atoms with Gasteiger partial charge in [-0.25, -0.2) is 9.97 Å². The number of benzene rings is 1. The lowest BCUT2D eigenvalue weighted by molar-refractivity contribution is 0.324. The van der Waals surface area contributed by atoms with E-state index in [9.17, 15) is 0 Å². The molecule has 0 amide bonds. The van der Waals surface area contributed by atoms with Crippen molar-refractivity contribution < 1.29 is 14.2 Å². The lowest BCUT2D eigenvalue weighted by Crippen LogP contribution is -1.98. The molecule has 0 aliphatic rings. The molecule has 3 rings (SSSR count). The normalized spacial score (nSPS) is 10.6. The van der Waals surface area contributed by atoms with Gasteiger partial charge in [-0.1, -0.05) is 0 Å². The summed E-state index contributed by atoms with van der Waals surface area (Å²) < 4.78 is 18.6. The summed E-state index contributed by atoms with van der Waals surface area (Å²) in [5, 5.41) is 3.22. The Hall–Kier alpha value is -2.48. The maximum absolute atomic E-state index is 5.34. The maximum Gasteiger partial charge on any atom is 0.203 e. The van der Waals surface area contributed by atoms with E-state index in [0.29, 0.717) is 23.1 Å². The Kier molecular flexibility index (Phi) is 4.24. The van der Waals surface area contributed by atoms with Crippen molar-refractivity contribution in [3.05, 3.63) is 35.3 Å². The topological polar surface area (TPSA) is 69.9 Å². The number of imidazole rings is 1. The minimum atomic E-state index is 0.545. The predicted octanol–water partition coefficient (Wildman–Crippen LogP) is 3.26. The molecule has 2 heterocycles. The molecule has 0 saturated heterocycles. The number of methoxy groups -OCH3 is 3. The number of rotatable bonds is 5. The van der Waals surface area contributed by atoms with Crippen LogP contribution in [0.5, 0.6) is 17.2 Å². The minimum absolute atomic E-state index is 0.545. The van der Waals surface area contributed by atoms with Crippen molar-refractivity contribution in [2.45, 2.75) is 0 Å². The van der Waals surface area contributed by atoms with Gasteiger partial charge in [-0.2, -0.15) is 0 Å². The van der Waals surface area contributed by atoms with Gasteiger partial charge in [0.05, 0.1) is 33.7 Å². The number of hydrogen-bond donors (Lipinski definition) is 1. The summed E-state index contributed by atoms with van der Waals surface area (Å²) in [6.45, 7) is 0. The third-order valence-corrected chi connectivity index (χ3v) is 3.66. The van der Waals surface area contributed by atoms with E-state index in [1.54, 1.807) is 27.5 Å². The summed E-state index contributed by atoms with van der Waals surface area (Å²) in [7, 11) is 4.73. The fourth-order valence-electron chi connectivity index (χ4n) is 2.24. The molecule has 2 aromatic heterocycles. The molecule has 0 spiro atoms. The molecule has 1 N–H and O–H groups in total. The summed E-state index contributed by atoms with van der Waals surface area (Å²) in [4.78, 5) is 8.61. The second-order valence-electron chi connectivity index (χ2n) is 4.64. The molecule has 0 radical (unpaired) electrons. The third-order valence-electron chi connectivity index (χ3n) is 3.25. The summed E-state index contributed by atoms with van der Waals surface area (Å²) in [5.41, 5.74) is 1.51. The third kappa shape index (κ3) is 3.02. The van der Waals surface area contributed by atoms with Crippen LogP contribution in [0.4, 0.5) is 11.5 Å². The molecule has 0 aliphatic heterocycles. The largest absolute Gasteiger partial charge is 0.493 e. The summed E-state index contributed by atoms with van der Waals surface area (Å²) in [5.74, 6) is 2.37. The molecule has 0 saturated carbocycles. The van der Waals surface area contributed by atoms with Crippen molar-refractivity contribution in [2.24, 2.45) is 0 Å². The van der Waals surface area contributed by atoms with E-state index in [0.717, 1.165) is 15.9 Å². The molecule has 8 heteroatoms. The smallest absolute Gasteiger partial charge is 0.203 e. The zero-order valence-corrected chi connectivity index (χ0v) is 14.4. The first-order chi connectivity index (χ1) is 11.1. The van der Waals surface area contributed by atoms with Gasteiger partial charge >= 0.3 is 0 Å². The van der Waals surface area contributed by atoms with Crippen LogP contribution in [0.25, 0.3) is 5.65 Å². The van der Waals surface area contributed by atoms with Crippen LogP contribution in [-0.2, 0) is 0 Å². The van der Waals surface area contributed by atoms with E-state index >= 15 is 0 Å². The Morgan fingerprint density at radius 3 is 2.35 bits per heavy atom. The molecule has 7 nitrogen and oxygen atoms in total. The van der Waals surface area contributed by atoms with Crippen LogP contribution in [0.2, 0.25) is 0 Å². The Morgan fingerprint density at radius 1 is 1.04 bits per heavy atom. The van der Waals surface area contributed by atoms with Gasteiger partial charge in [-0.05, 0) is 15.9 Å². The number of ether oxygens (including phenoxy) is 3. The van der Waals surface area contributed by atoms with Crippen LogP contribution in [0.1, 0.15) is 0 Å². The molecule has 23 heavy (non-hydrogen) atoms. The van der Waals surface area contributed by atoms with Gasteiger partial charge in [0.2, 0.25) is 5.75 Å². The quantitative estimate of drug-likeness (QED) is 0.734.